The summed E-state index contributed by atoms with van der Waals surface area (Å²) < 4.78 is 3.02. The molecule has 0 unspecified atom stereocenters. The molecule has 2 rings (SSSR count). The number of halogens is 1. The first-order valence-electron chi connectivity index (χ1n) is 4.92. The van der Waals surface area contributed by atoms with Crippen LogP contribution in [0, 0.1) is 10.6 Å². The Kier molecular flexibility index (Phi) is 2.48. The van der Waals surface area contributed by atoms with Crippen LogP contribution in [0.15, 0.2) is 12.1 Å². The van der Waals surface area contributed by atoms with Crippen LogP contribution in [0.1, 0.15) is 32.2 Å². The zero-order valence-corrected chi connectivity index (χ0v) is 11.5. The maximum atomic E-state index is 4.62. The molecule has 0 radical (unpaired) electrons. The Bertz CT molecular complexity index is 508. The van der Waals surface area contributed by atoms with E-state index in [9.17, 15) is 0 Å². The van der Waals surface area contributed by atoms with Crippen LogP contribution < -0.4 is 0 Å². The van der Waals surface area contributed by atoms with Crippen LogP contribution in [0.5, 0.6) is 0 Å². The van der Waals surface area contributed by atoms with Gasteiger partial charge in [-0.05, 0) is 41.6 Å². The molecule has 2 heterocycles. The fourth-order valence-corrected chi connectivity index (χ4v) is 2.76. The van der Waals surface area contributed by atoms with Gasteiger partial charge in [-0.15, -0.1) is 0 Å². The van der Waals surface area contributed by atoms with Gasteiger partial charge in [0.1, 0.15) is 3.70 Å². The maximum absolute atomic E-state index is 4.62. The summed E-state index contributed by atoms with van der Waals surface area (Å²) in [4.78, 5) is 4.62. The number of hydrogen-bond donors (Lipinski definition) is 0. The topological polar surface area (TPSA) is 30.2 Å². The Morgan fingerprint density at radius 2 is 1.93 bits per heavy atom. The summed E-state index contributed by atoms with van der Waals surface area (Å²) in [6.07, 6.45) is 0. The Hall–Kier alpha value is -0.650. The standard InChI is InChI=1S/C11H14IN3/c1-7-5-6-8-13-9(11(2,3)4)10(12)15(8)14-7/h5-6H,1-4H3. The summed E-state index contributed by atoms with van der Waals surface area (Å²) in [5.41, 5.74) is 3.12. The second kappa shape index (κ2) is 3.43. The fraction of sp³-hybridized carbons (Fsp3) is 0.455. The average molecular weight is 315 g/mol. The summed E-state index contributed by atoms with van der Waals surface area (Å²) in [6, 6.07) is 4.00. The van der Waals surface area contributed by atoms with Crippen molar-refractivity contribution in [2.75, 3.05) is 0 Å². The molecule has 0 atom stereocenters. The van der Waals surface area contributed by atoms with E-state index in [1.807, 2.05) is 23.6 Å². The quantitative estimate of drug-likeness (QED) is 0.700. The average Bonchev–Trinajstić information content (AvgIpc) is 2.43. The highest BCUT2D eigenvalue weighted by atomic mass is 127. The molecular formula is C11H14IN3. The van der Waals surface area contributed by atoms with Crippen molar-refractivity contribution in [3.63, 3.8) is 0 Å². The Balaban J connectivity index is 2.76. The smallest absolute Gasteiger partial charge is 0.155 e. The van der Waals surface area contributed by atoms with E-state index in [1.54, 1.807) is 0 Å². The highest BCUT2D eigenvalue weighted by Gasteiger charge is 2.22. The van der Waals surface area contributed by atoms with Gasteiger partial charge in [-0.1, -0.05) is 20.8 Å². The van der Waals surface area contributed by atoms with Gasteiger partial charge in [-0.3, -0.25) is 0 Å². The third kappa shape index (κ3) is 1.87. The van der Waals surface area contributed by atoms with E-state index in [0.29, 0.717) is 0 Å². The predicted molar refractivity (Wildman–Crippen MR) is 69.1 cm³/mol. The van der Waals surface area contributed by atoms with Gasteiger partial charge < -0.3 is 0 Å². The van der Waals surface area contributed by atoms with Gasteiger partial charge in [0.25, 0.3) is 0 Å². The van der Waals surface area contributed by atoms with E-state index < -0.39 is 0 Å². The zero-order chi connectivity index (χ0) is 11.2. The van der Waals surface area contributed by atoms with Crippen molar-refractivity contribution < 1.29 is 0 Å². The third-order valence-electron chi connectivity index (χ3n) is 2.27. The molecule has 0 aliphatic carbocycles. The lowest BCUT2D eigenvalue weighted by molar-refractivity contribution is 0.568. The number of aromatic nitrogens is 3. The van der Waals surface area contributed by atoms with E-state index in [4.69, 9.17) is 0 Å². The molecule has 0 fully saturated rings. The first-order chi connectivity index (χ1) is 6.89. The molecule has 0 spiro atoms. The predicted octanol–water partition coefficient (Wildman–Crippen LogP) is 2.94. The highest BCUT2D eigenvalue weighted by Crippen LogP contribution is 2.26. The van der Waals surface area contributed by atoms with Crippen molar-refractivity contribution in [3.05, 3.63) is 27.2 Å². The molecule has 0 aromatic carbocycles. The van der Waals surface area contributed by atoms with Crippen molar-refractivity contribution >= 4 is 28.2 Å². The molecule has 0 aliphatic rings. The number of hydrogen-bond acceptors (Lipinski definition) is 2. The second-order valence-corrected chi connectivity index (χ2v) is 5.77. The number of imidazole rings is 1. The van der Waals surface area contributed by atoms with Gasteiger partial charge in [0.2, 0.25) is 0 Å². The van der Waals surface area contributed by atoms with Crippen molar-refractivity contribution in [3.8, 4) is 0 Å². The van der Waals surface area contributed by atoms with Crippen LogP contribution in [0.25, 0.3) is 5.65 Å². The number of nitrogens with zero attached hydrogens (tertiary/aromatic N) is 3. The van der Waals surface area contributed by atoms with Crippen LogP contribution in [0.2, 0.25) is 0 Å². The molecule has 0 bridgehead atoms. The molecule has 0 saturated heterocycles. The monoisotopic (exact) mass is 315 g/mol. The molecule has 2 aromatic rings. The molecule has 4 heteroatoms. The number of aryl methyl sites for hydroxylation is 1. The van der Waals surface area contributed by atoms with E-state index >= 15 is 0 Å². The molecule has 0 N–H and O–H groups in total. The lowest BCUT2D eigenvalue weighted by Gasteiger charge is -2.15. The van der Waals surface area contributed by atoms with Crippen LogP contribution in [-0.2, 0) is 5.41 Å². The van der Waals surface area contributed by atoms with E-state index in [-0.39, 0.29) is 5.41 Å². The highest BCUT2D eigenvalue weighted by molar-refractivity contribution is 14.1. The summed E-state index contributed by atoms with van der Waals surface area (Å²) in [5, 5.41) is 4.46. The third-order valence-corrected chi connectivity index (χ3v) is 3.23. The van der Waals surface area contributed by atoms with Crippen molar-refractivity contribution in [2.24, 2.45) is 0 Å². The Morgan fingerprint density at radius 1 is 1.27 bits per heavy atom. The molecule has 0 amide bonds. The maximum Gasteiger partial charge on any atom is 0.155 e. The molecule has 3 nitrogen and oxygen atoms in total. The molecule has 2 aromatic heterocycles. The summed E-state index contributed by atoms with van der Waals surface area (Å²) in [6.45, 7) is 8.50. The van der Waals surface area contributed by atoms with Crippen LogP contribution >= 0.6 is 22.6 Å². The minimum atomic E-state index is 0.0676. The van der Waals surface area contributed by atoms with E-state index in [1.165, 1.54) is 0 Å². The van der Waals surface area contributed by atoms with Crippen molar-refractivity contribution in [1.29, 1.82) is 0 Å². The molecule has 0 aliphatic heterocycles. The second-order valence-electron chi connectivity index (χ2n) is 4.75. The Labute approximate surface area is 103 Å². The van der Waals surface area contributed by atoms with Crippen LogP contribution in [-0.4, -0.2) is 14.6 Å². The van der Waals surface area contributed by atoms with Crippen molar-refractivity contribution in [1.82, 2.24) is 14.6 Å². The van der Waals surface area contributed by atoms with Gasteiger partial charge in [0.15, 0.2) is 5.65 Å². The van der Waals surface area contributed by atoms with Gasteiger partial charge >= 0.3 is 0 Å². The van der Waals surface area contributed by atoms with Crippen LogP contribution in [0.3, 0.4) is 0 Å². The van der Waals surface area contributed by atoms with Crippen molar-refractivity contribution in [2.45, 2.75) is 33.1 Å². The van der Waals surface area contributed by atoms with Gasteiger partial charge in [-0.2, -0.15) is 5.10 Å². The lowest BCUT2D eigenvalue weighted by atomic mass is 9.93. The molecule has 0 saturated carbocycles. The molecular weight excluding hydrogens is 301 g/mol. The first-order valence-corrected chi connectivity index (χ1v) is 6.00. The van der Waals surface area contributed by atoms with Crippen LogP contribution in [0.4, 0.5) is 0 Å². The summed E-state index contributed by atoms with van der Waals surface area (Å²) in [7, 11) is 0. The SMILES string of the molecule is Cc1ccc2nc(C(C)(C)C)c(I)n2n1. The normalized spacial score (nSPS) is 12.3. The van der Waals surface area contributed by atoms with Gasteiger partial charge in [0, 0.05) is 5.41 Å². The number of fused-ring (bicyclic) bond motifs is 1. The number of rotatable bonds is 0. The largest absolute Gasteiger partial charge is 0.230 e. The minimum absolute atomic E-state index is 0.0676. The van der Waals surface area contributed by atoms with Gasteiger partial charge in [0.05, 0.1) is 11.4 Å². The Morgan fingerprint density at radius 3 is 2.53 bits per heavy atom. The molecule has 15 heavy (non-hydrogen) atoms. The first kappa shape index (κ1) is 10.9. The fourth-order valence-electron chi connectivity index (χ4n) is 1.48. The zero-order valence-electron chi connectivity index (χ0n) is 9.37. The van der Waals surface area contributed by atoms with E-state index in [0.717, 1.165) is 20.7 Å². The minimum Gasteiger partial charge on any atom is -0.230 e. The lowest BCUT2D eigenvalue weighted by Crippen LogP contribution is -2.13. The van der Waals surface area contributed by atoms with Gasteiger partial charge in [-0.25, -0.2) is 9.50 Å². The summed E-state index contributed by atoms with van der Waals surface area (Å²) >= 11 is 2.31. The van der Waals surface area contributed by atoms with E-state index in [2.05, 4.69) is 53.4 Å². The molecule has 80 valence electrons. The summed E-state index contributed by atoms with van der Waals surface area (Å²) in [5.74, 6) is 0.